The molecule has 7 heteroatoms. The zero-order valence-corrected chi connectivity index (χ0v) is 9.19. The van der Waals surface area contributed by atoms with Gasteiger partial charge in [0.05, 0.1) is 19.2 Å². The third kappa shape index (κ3) is 1.82. The number of carbonyl (C=O) groups excluding carboxylic acids is 2. The van der Waals surface area contributed by atoms with Crippen molar-refractivity contribution in [3.05, 3.63) is 10.8 Å². The van der Waals surface area contributed by atoms with Crippen LogP contribution in [0.25, 0.3) is 0 Å². The van der Waals surface area contributed by atoms with Crippen molar-refractivity contribution in [3.8, 4) is 0 Å². The number of ketones is 1. The molecule has 0 saturated carbocycles. The second-order valence-electron chi connectivity index (χ2n) is 3.10. The summed E-state index contributed by atoms with van der Waals surface area (Å²) < 4.78 is 0.471. The van der Waals surface area contributed by atoms with E-state index in [0.29, 0.717) is 4.60 Å². The van der Waals surface area contributed by atoms with Crippen LogP contribution in [0, 0.1) is 0 Å². The highest BCUT2D eigenvalue weighted by Crippen LogP contribution is 2.23. The molecular weight excluding hydrogens is 264 g/mol. The molecule has 0 bridgehead atoms. The first-order valence-corrected chi connectivity index (χ1v) is 4.97. The van der Waals surface area contributed by atoms with Crippen LogP contribution in [0.2, 0.25) is 0 Å². The lowest BCUT2D eigenvalue weighted by Crippen LogP contribution is -2.27. The normalized spacial score (nSPS) is 16.2. The van der Waals surface area contributed by atoms with E-state index in [-0.39, 0.29) is 36.3 Å². The van der Waals surface area contributed by atoms with Crippen LogP contribution in [0.4, 0.5) is 11.6 Å². The van der Waals surface area contributed by atoms with Gasteiger partial charge in [0.1, 0.15) is 4.60 Å². The molecule has 0 spiro atoms. The predicted octanol–water partition coefficient (Wildman–Crippen LogP) is 0.127. The first-order chi connectivity index (χ1) is 7.08. The Hall–Kier alpha value is -1.50. The zero-order chi connectivity index (χ0) is 11.0. The molecule has 2 N–H and O–H groups in total. The number of aromatic nitrogens is 2. The molecule has 1 fully saturated rings. The Morgan fingerprint density at radius 2 is 2.20 bits per heavy atom. The quantitative estimate of drug-likeness (QED) is 0.733. The first-order valence-electron chi connectivity index (χ1n) is 4.18. The molecular formula is C8H7BrN4O2. The SMILES string of the molecule is Nc1ncc(Br)nc1N1CC(=O)CC1=O. The Morgan fingerprint density at radius 1 is 1.47 bits per heavy atom. The number of amides is 1. The van der Waals surface area contributed by atoms with Crippen LogP contribution < -0.4 is 10.6 Å². The molecule has 15 heavy (non-hydrogen) atoms. The second-order valence-corrected chi connectivity index (χ2v) is 3.91. The van der Waals surface area contributed by atoms with E-state index < -0.39 is 0 Å². The van der Waals surface area contributed by atoms with Gasteiger partial charge in [0.15, 0.2) is 17.4 Å². The molecule has 0 radical (unpaired) electrons. The van der Waals surface area contributed by atoms with Gasteiger partial charge in [0.2, 0.25) is 5.91 Å². The third-order valence-corrected chi connectivity index (χ3v) is 2.37. The zero-order valence-electron chi connectivity index (χ0n) is 7.61. The Kier molecular flexibility index (Phi) is 2.39. The summed E-state index contributed by atoms with van der Waals surface area (Å²) in [6.07, 6.45) is 1.34. The van der Waals surface area contributed by atoms with E-state index in [9.17, 15) is 9.59 Å². The van der Waals surface area contributed by atoms with Gasteiger partial charge >= 0.3 is 0 Å². The standard InChI is InChI=1S/C8H7BrN4O2/c9-5-2-11-7(10)8(12-5)13-3-4(14)1-6(13)15/h2H,1,3H2,(H2,10,11). The maximum Gasteiger partial charge on any atom is 0.236 e. The molecule has 0 unspecified atom stereocenters. The number of rotatable bonds is 1. The molecule has 2 heterocycles. The molecule has 1 amide bonds. The molecule has 0 atom stereocenters. The van der Waals surface area contributed by atoms with Crippen LogP contribution in [-0.4, -0.2) is 28.2 Å². The number of hydrogen-bond donors (Lipinski definition) is 1. The molecule has 1 aliphatic heterocycles. The number of nitrogen functional groups attached to an aromatic ring is 1. The van der Waals surface area contributed by atoms with E-state index in [0.717, 1.165) is 0 Å². The van der Waals surface area contributed by atoms with Crippen molar-refractivity contribution in [2.45, 2.75) is 6.42 Å². The molecule has 0 aromatic carbocycles. The summed E-state index contributed by atoms with van der Waals surface area (Å²) in [7, 11) is 0. The lowest BCUT2D eigenvalue weighted by Gasteiger charge is -2.14. The predicted molar refractivity (Wildman–Crippen MR) is 56.1 cm³/mol. The van der Waals surface area contributed by atoms with Crippen LogP contribution in [0.3, 0.4) is 0 Å². The average Bonchev–Trinajstić information content (AvgIpc) is 2.50. The van der Waals surface area contributed by atoms with Crippen molar-refractivity contribution in [2.24, 2.45) is 0 Å². The van der Waals surface area contributed by atoms with Gasteiger partial charge in [-0.25, -0.2) is 9.97 Å². The Balaban J connectivity index is 2.41. The maximum absolute atomic E-state index is 11.4. The second kappa shape index (κ2) is 3.58. The van der Waals surface area contributed by atoms with Crippen molar-refractivity contribution in [1.82, 2.24) is 9.97 Å². The average molecular weight is 271 g/mol. The lowest BCUT2D eigenvalue weighted by molar-refractivity contribution is -0.121. The molecule has 6 nitrogen and oxygen atoms in total. The number of halogens is 1. The van der Waals surface area contributed by atoms with Crippen molar-refractivity contribution in [3.63, 3.8) is 0 Å². The highest BCUT2D eigenvalue weighted by Gasteiger charge is 2.31. The fourth-order valence-corrected chi connectivity index (χ4v) is 1.61. The number of Topliss-reactive ketones (excluding diaryl/α,β-unsaturated/α-hetero) is 1. The smallest absolute Gasteiger partial charge is 0.236 e. The number of carbonyl (C=O) groups is 2. The van der Waals surface area contributed by atoms with Crippen molar-refractivity contribution in [1.29, 1.82) is 0 Å². The van der Waals surface area contributed by atoms with Crippen LogP contribution in [-0.2, 0) is 9.59 Å². The third-order valence-electron chi connectivity index (χ3n) is 1.99. The molecule has 1 saturated heterocycles. The van der Waals surface area contributed by atoms with Crippen molar-refractivity contribution in [2.75, 3.05) is 17.2 Å². The van der Waals surface area contributed by atoms with Gasteiger partial charge in [-0.2, -0.15) is 0 Å². The highest BCUT2D eigenvalue weighted by molar-refractivity contribution is 9.10. The minimum absolute atomic E-state index is 0.0220. The van der Waals surface area contributed by atoms with E-state index in [4.69, 9.17) is 5.73 Å². The number of nitrogens with two attached hydrogens (primary N) is 1. The van der Waals surface area contributed by atoms with Gasteiger partial charge in [-0.05, 0) is 15.9 Å². The van der Waals surface area contributed by atoms with Crippen LogP contribution in [0.5, 0.6) is 0 Å². The minimum atomic E-state index is -0.292. The number of anilines is 2. The Bertz CT molecular complexity index is 448. The van der Waals surface area contributed by atoms with E-state index in [2.05, 4.69) is 25.9 Å². The van der Waals surface area contributed by atoms with Gasteiger partial charge in [-0.15, -0.1) is 0 Å². The Morgan fingerprint density at radius 3 is 2.80 bits per heavy atom. The summed E-state index contributed by atoms with van der Waals surface area (Å²) in [6.45, 7) is 0.0220. The fraction of sp³-hybridized carbons (Fsp3) is 0.250. The van der Waals surface area contributed by atoms with E-state index in [1.807, 2.05) is 0 Å². The molecule has 2 rings (SSSR count). The van der Waals surface area contributed by atoms with Gasteiger partial charge in [-0.3, -0.25) is 14.5 Å². The molecule has 0 aliphatic carbocycles. The van der Waals surface area contributed by atoms with E-state index in [1.54, 1.807) is 0 Å². The Labute approximate surface area is 93.6 Å². The monoisotopic (exact) mass is 270 g/mol. The van der Waals surface area contributed by atoms with Gasteiger partial charge in [-0.1, -0.05) is 0 Å². The minimum Gasteiger partial charge on any atom is -0.381 e. The topological polar surface area (TPSA) is 89.2 Å². The fourth-order valence-electron chi connectivity index (χ4n) is 1.34. The van der Waals surface area contributed by atoms with Crippen molar-refractivity contribution >= 4 is 39.3 Å². The van der Waals surface area contributed by atoms with Crippen LogP contribution in [0.15, 0.2) is 10.8 Å². The van der Waals surface area contributed by atoms with E-state index in [1.165, 1.54) is 11.1 Å². The van der Waals surface area contributed by atoms with Gasteiger partial charge in [0, 0.05) is 0 Å². The maximum atomic E-state index is 11.4. The summed E-state index contributed by atoms with van der Waals surface area (Å²) >= 11 is 3.13. The summed E-state index contributed by atoms with van der Waals surface area (Å²) in [6, 6.07) is 0. The first kappa shape index (κ1) is 10.0. The summed E-state index contributed by atoms with van der Waals surface area (Å²) in [5, 5.41) is 0. The molecule has 78 valence electrons. The van der Waals surface area contributed by atoms with Gasteiger partial charge < -0.3 is 5.73 Å². The number of hydrogen-bond acceptors (Lipinski definition) is 5. The highest BCUT2D eigenvalue weighted by atomic mass is 79.9. The summed E-state index contributed by atoms with van der Waals surface area (Å²) in [5.41, 5.74) is 5.58. The van der Waals surface area contributed by atoms with Crippen molar-refractivity contribution < 1.29 is 9.59 Å². The summed E-state index contributed by atoms with van der Waals surface area (Å²) in [4.78, 5) is 31.6. The molecule has 1 aliphatic rings. The number of nitrogens with zero attached hydrogens (tertiary/aromatic N) is 3. The largest absolute Gasteiger partial charge is 0.381 e. The van der Waals surface area contributed by atoms with Crippen LogP contribution >= 0.6 is 15.9 Å². The molecule has 1 aromatic rings. The van der Waals surface area contributed by atoms with Gasteiger partial charge in [0.25, 0.3) is 0 Å². The van der Waals surface area contributed by atoms with Crippen LogP contribution in [0.1, 0.15) is 6.42 Å². The van der Waals surface area contributed by atoms with E-state index >= 15 is 0 Å². The summed E-state index contributed by atoms with van der Waals surface area (Å²) in [5.74, 6) is -0.0539. The lowest BCUT2D eigenvalue weighted by atomic mass is 10.3. The molecule has 1 aromatic heterocycles.